The molecular formula is C11H18O3. The lowest BCUT2D eigenvalue weighted by atomic mass is 9.89. The molecular weight excluding hydrogens is 180 g/mol. The maximum Gasteiger partial charge on any atom is 0.303 e. The van der Waals surface area contributed by atoms with Crippen LogP contribution < -0.4 is 0 Å². The SMILES string of the molecule is CCOC#CC(OC(C)=O)C(C)(C)C. The predicted octanol–water partition coefficient (Wildman–Crippen LogP) is 1.96. The minimum absolute atomic E-state index is 0.199. The van der Waals surface area contributed by atoms with Crippen molar-refractivity contribution in [2.75, 3.05) is 6.61 Å². The van der Waals surface area contributed by atoms with Gasteiger partial charge in [-0.2, -0.15) is 0 Å². The molecule has 0 spiro atoms. The van der Waals surface area contributed by atoms with E-state index in [0.29, 0.717) is 6.61 Å². The van der Waals surface area contributed by atoms with Crippen LogP contribution in [-0.2, 0) is 14.3 Å². The van der Waals surface area contributed by atoms with Gasteiger partial charge in [-0.25, -0.2) is 0 Å². The third-order valence-electron chi connectivity index (χ3n) is 1.48. The second-order valence-corrected chi connectivity index (χ2v) is 4.03. The maximum absolute atomic E-state index is 10.8. The van der Waals surface area contributed by atoms with E-state index in [0.717, 1.165) is 0 Å². The molecule has 1 unspecified atom stereocenters. The molecule has 0 amide bonds. The summed E-state index contributed by atoms with van der Waals surface area (Å²) in [6.45, 7) is 9.64. The summed E-state index contributed by atoms with van der Waals surface area (Å²) in [6.07, 6.45) is 2.10. The molecule has 80 valence electrons. The molecule has 1 atom stereocenters. The van der Waals surface area contributed by atoms with Gasteiger partial charge >= 0.3 is 5.97 Å². The first kappa shape index (κ1) is 12.8. The summed E-state index contributed by atoms with van der Waals surface area (Å²) in [7, 11) is 0. The Kier molecular flexibility index (Phi) is 5.07. The fraction of sp³-hybridized carbons (Fsp3) is 0.727. The molecule has 0 N–H and O–H groups in total. The van der Waals surface area contributed by atoms with Gasteiger partial charge in [0.2, 0.25) is 0 Å². The number of hydrogen-bond acceptors (Lipinski definition) is 3. The van der Waals surface area contributed by atoms with Crippen LogP contribution >= 0.6 is 0 Å². The van der Waals surface area contributed by atoms with Gasteiger partial charge in [0.05, 0.1) is 6.61 Å². The van der Waals surface area contributed by atoms with E-state index in [2.05, 4.69) is 12.0 Å². The molecule has 0 bridgehead atoms. The van der Waals surface area contributed by atoms with Crippen molar-refractivity contribution in [1.82, 2.24) is 0 Å². The van der Waals surface area contributed by atoms with Crippen LogP contribution in [0.25, 0.3) is 0 Å². The van der Waals surface area contributed by atoms with E-state index in [9.17, 15) is 4.79 Å². The second kappa shape index (κ2) is 5.54. The van der Waals surface area contributed by atoms with Gasteiger partial charge in [0.25, 0.3) is 0 Å². The molecule has 0 saturated heterocycles. The van der Waals surface area contributed by atoms with Crippen LogP contribution in [0.1, 0.15) is 34.6 Å². The Morgan fingerprint density at radius 3 is 2.36 bits per heavy atom. The van der Waals surface area contributed by atoms with Crippen LogP contribution in [0.5, 0.6) is 0 Å². The topological polar surface area (TPSA) is 35.5 Å². The average molecular weight is 198 g/mol. The average Bonchev–Trinajstić information content (AvgIpc) is 2.00. The summed E-state index contributed by atoms with van der Waals surface area (Å²) in [5, 5.41) is 0. The summed E-state index contributed by atoms with van der Waals surface area (Å²) in [5.74, 6) is 2.45. The molecule has 3 nitrogen and oxygen atoms in total. The Morgan fingerprint density at radius 1 is 1.43 bits per heavy atom. The zero-order valence-electron chi connectivity index (χ0n) is 9.51. The van der Waals surface area contributed by atoms with Crippen molar-refractivity contribution in [2.45, 2.75) is 40.7 Å². The van der Waals surface area contributed by atoms with Crippen LogP contribution in [0, 0.1) is 17.4 Å². The highest BCUT2D eigenvalue weighted by Gasteiger charge is 2.25. The first-order chi connectivity index (χ1) is 6.38. The third kappa shape index (κ3) is 5.47. The minimum Gasteiger partial charge on any atom is -0.449 e. The first-order valence-electron chi connectivity index (χ1n) is 4.67. The molecule has 0 aliphatic rings. The smallest absolute Gasteiger partial charge is 0.303 e. The molecule has 0 heterocycles. The zero-order valence-corrected chi connectivity index (χ0v) is 9.51. The number of esters is 1. The van der Waals surface area contributed by atoms with Crippen LogP contribution in [0.2, 0.25) is 0 Å². The highest BCUT2D eigenvalue weighted by atomic mass is 16.5. The van der Waals surface area contributed by atoms with Gasteiger partial charge in [0.15, 0.2) is 6.10 Å². The fourth-order valence-electron chi connectivity index (χ4n) is 0.756. The highest BCUT2D eigenvalue weighted by Crippen LogP contribution is 2.21. The fourth-order valence-corrected chi connectivity index (χ4v) is 0.756. The molecule has 0 saturated carbocycles. The van der Waals surface area contributed by atoms with Crippen molar-refractivity contribution >= 4 is 5.97 Å². The molecule has 0 aromatic carbocycles. The number of carbonyl (C=O) groups excluding carboxylic acids is 1. The van der Waals surface area contributed by atoms with Gasteiger partial charge < -0.3 is 9.47 Å². The highest BCUT2D eigenvalue weighted by molar-refractivity contribution is 5.66. The van der Waals surface area contributed by atoms with Gasteiger partial charge in [-0.3, -0.25) is 4.79 Å². The van der Waals surface area contributed by atoms with E-state index in [1.807, 2.05) is 27.7 Å². The minimum atomic E-state index is -0.424. The Hall–Kier alpha value is -1.17. The van der Waals surface area contributed by atoms with Crippen molar-refractivity contribution < 1.29 is 14.3 Å². The van der Waals surface area contributed by atoms with Crippen LogP contribution in [-0.4, -0.2) is 18.7 Å². The lowest BCUT2D eigenvalue weighted by Gasteiger charge is -2.24. The first-order valence-corrected chi connectivity index (χ1v) is 4.67. The Labute approximate surface area is 85.8 Å². The van der Waals surface area contributed by atoms with Crippen molar-refractivity contribution in [1.29, 1.82) is 0 Å². The van der Waals surface area contributed by atoms with E-state index in [1.165, 1.54) is 6.92 Å². The van der Waals surface area contributed by atoms with Crippen molar-refractivity contribution in [2.24, 2.45) is 5.41 Å². The maximum atomic E-state index is 10.8. The van der Waals surface area contributed by atoms with E-state index in [-0.39, 0.29) is 11.4 Å². The van der Waals surface area contributed by atoms with Crippen LogP contribution in [0.3, 0.4) is 0 Å². The van der Waals surface area contributed by atoms with E-state index in [1.54, 1.807) is 0 Å². The molecule has 3 heteroatoms. The Balaban J connectivity index is 4.43. The summed E-state index contributed by atoms with van der Waals surface area (Å²) in [5.41, 5.74) is -0.199. The molecule has 0 aromatic rings. The van der Waals surface area contributed by atoms with Crippen LogP contribution in [0.4, 0.5) is 0 Å². The Bertz CT molecular complexity index is 239. The molecule has 0 radical (unpaired) electrons. The largest absolute Gasteiger partial charge is 0.449 e. The number of rotatable bonds is 2. The quantitative estimate of drug-likeness (QED) is 0.502. The van der Waals surface area contributed by atoms with Crippen molar-refractivity contribution in [3.05, 3.63) is 0 Å². The molecule has 0 aliphatic carbocycles. The standard InChI is InChI=1S/C11H18O3/c1-6-13-8-7-10(11(3,4)5)14-9(2)12/h10H,6H2,1-5H3. The second-order valence-electron chi connectivity index (χ2n) is 4.03. The number of carbonyl (C=O) groups is 1. The molecule has 0 rings (SSSR count). The normalized spacial score (nSPS) is 12.4. The monoisotopic (exact) mass is 198 g/mol. The number of hydrogen-bond donors (Lipinski definition) is 0. The molecule has 0 aliphatic heterocycles. The molecule has 14 heavy (non-hydrogen) atoms. The van der Waals surface area contributed by atoms with E-state index < -0.39 is 6.10 Å². The van der Waals surface area contributed by atoms with Gasteiger partial charge in [-0.05, 0) is 12.8 Å². The Morgan fingerprint density at radius 2 is 2.00 bits per heavy atom. The van der Waals surface area contributed by atoms with Crippen molar-refractivity contribution in [3.8, 4) is 12.0 Å². The summed E-state index contributed by atoms with van der Waals surface area (Å²) < 4.78 is 9.96. The summed E-state index contributed by atoms with van der Waals surface area (Å²) >= 11 is 0. The predicted molar refractivity (Wildman–Crippen MR) is 54.4 cm³/mol. The van der Waals surface area contributed by atoms with Crippen molar-refractivity contribution in [3.63, 3.8) is 0 Å². The number of ether oxygens (including phenoxy) is 2. The zero-order chi connectivity index (χ0) is 11.2. The summed E-state index contributed by atoms with van der Waals surface area (Å²) in [6, 6.07) is 0. The van der Waals surface area contributed by atoms with E-state index >= 15 is 0 Å². The van der Waals surface area contributed by atoms with Gasteiger partial charge in [-0.15, -0.1) is 0 Å². The van der Waals surface area contributed by atoms with Crippen LogP contribution in [0.15, 0.2) is 0 Å². The lowest BCUT2D eigenvalue weighted by molar-refractivity contribution is -0.147. The van der Waals surface area contributed by atoms with E-state index in [4.69, 9.17) is 9.47 Å². The van der Waals surface area contributed by atoms with Gasteiger partial charge in [0, 0.05) is 12.3 Å². The molecule has 0 aromatic heterocycles. The summed E-state index contributed by atoms with van der Waals surface area (Å²) in [4.78, 5) is 10.8. The molecule has 0 fully saturated rings. The lowest BCUT2D eigenvalue weighted by Crippen LogP contribution is -2.29. The van der Waals surface area contributed by atoms with Gasteiger partial charge in [-0.1, -0.05) is 20.8 Å². The third-order valence-corrected chi connectivity index (χ3v) is 1.48. The van der Waals surface area contributed by atoms with Gasteiger partial charge in [0.1, 0.15) is 6.11 Å².